The number of hydrogen-bond donors (Lipinski definition) is 1. The van der Waals surface area contributed by atoms with Crippen molar-refractivity contribution in [2.24, 2.45) is 5.92 Å². The molecule has 7 nitrogen and oxygen atoms in total. The number of hydrogen-bond acceptors (Lipinski definition) is 5. The van der Waals surface area contributed by atoms with Gasteiger partial charge in [0.05, 0.1) is 5.25 Å². The highest BCUT2D eigenvalue weighted by Gasteiger charge is 2.45. The van der Waals surface area contributed by atoms with Gasteiger partial charge in [-0.25, -0.2) is 18.1 Å². The van der Waals surface area contributed by atoms with E-state index in [1.807, 2.05) is 11.6 Å². The van der Waals surface area contributed by atoms with Gasteiger partial charge >= 0.3 is 0 Å². The molecular formula is C15H19N3O4S. The molecular weight excluding hydrogens is 318 g/mol. The molecule has 1 saturated heterocycles. The van der Waals surface area contributed by atoms with E-state index in [2.05, 4.69) is 4.98 Å². The molecule has 1 aromatic heterocycles. The Labute approximate surface area is 135 Å². The monoisotopic (exact) mass is 337 g/mol. The highest BCUT2D eigenvalue weighted by atomic mass is 32.2. The number of carbonyl (C=O) groups is 2. The Hall–Kier alpha value is -1.96. The number of carbonyl (C=O) groups excluding carboxylic acids is 2. The van der Waals surface area contributed by atoms with E-state index >= 15 is 0 Å². The summed E-state index contributed by atoms with van der Waals surface area (Å²) in [7, 11) is -3.67. The lowest BCUT2D eigenvalue weighted by Gasteiger charge is -2.14. The normalized spacial score (nSPS) is 23.6. The third-order valence-electron chi connectivity index (χ3n) is 4.26. The number of pyridine rings is 1. The van der Waals surface area contributed by atoms with Gasteiger partial charge in [0.1, 0.15) is 11.4 Å². The van der Waals surface area contributed by atoms with Crippen molar-refractivity contribution in [2.75, 3.05) is 13.1 Å². The summed E-state index contributed by atoms with van der Waals surface area (Å²) in [6.45, 7) is 3.19. The average Bonchev–Trinajstić information content (AvgIpc) is 3.04. The van der Waals surface area contributed by atoms with Crippen LogP contribution in [0.5, 0.6) is 0 Å². The first kappa shape index (κ1) is 15.9. The van der Waals surface area contributed by atoms with Gasteiger partial charge in [0.15, 0.2) is 0 Å². The van der Waals surface area contributed by atoms with E-state index in [9.17, 15) is 18.0 Å². The molecule has 2 unspecified atom stereocenters. The Morgan fingerprint density at radius 3 is 2.43 bits per heavy atom. The fourth-order valence-electron chi connectivity index (χ4n) is 2.74. The van der Waals surface area contributed by atoms with Crippen molar-refractivity contribution in [1.82, 2.24) is 14.6 Å². The first-order valence-corrected chi connectivity index (χ1v) is 9.25. The minimum absolute atomic E-state index is 0.0630. The SMILES string of the molecule is CC1CC1S(=O)(=O)NC(=O)c1cccc(C(=O)N2CCCC2)n1. The van der Waals surface area contributed by atoms with Crippen LogP contribution in [0.3, 0.4) is 0 Å². The van der Waals surface area contributed by atoms with Crippen molar-refractivity contribution in [2.45, 2.75) is 31.4 Å². The molecule has 1 aliphatic heterocycles. The van der Waals surface area contributed by atoms with Gasteiger partial charge in [0.2, 0.25) is 10.0 Å². The molecule has 0 radical (unpaired) electrons. The van der Waals surface area contributed by atoms with E-state index in [1.165, 1.54) is 18.2 Å². The zero-order valence-electron chi connectivity index (χ0n) is 12.9. The highest BCUT2D eigenvalue weighted by Crippen LogP contribution is 2.35. The number of likely N-dealkylation sites (tertiary alicyclic amines) is 1. The third kappa shape index (κ3) is 3.36. The van der Waals surface area contributed by atoms with Gasteiger partial charge in [-0.15, -0.1) is 0 Å². The molecule has 3 rings (SSSR count). The quantitative estimate of drug-likeness (QED) is 0.876. The summed E-state index contributed by atoms with van der Waals surface area (Å²) in [4.78, 5) is 30.1. The second kappa shape index (κ2) is 5.92. The van der Waals surface area contributed by atoms with E-state index in [0.717, 1.165) is 12.8 Å². The molecule has 124 valence electrons. The van der Waals surface area contributed by atoms with Crippen LogP contribution in [-0.4, -0.2) is 48.5 Å². The van der Waals surface area contributed by atoms with E-state index in [4.69, 9.17) is 0 Å². The van der Waals surface area contributed by atoms with Gasteiger partial charge in [-0.05, 0) is 37.3 Å². The van der Waals surface area contributed by atoms with Crippen molar-refractivity contribution in [1.29, 1.82) is 0 Å². The van der Waals surface area contributed by atoms with Crippen molar-refractivity contribution < 1.29 is 18.0 Å². The Balaban J connectivity index is 1.74. The fraction of sp³-hybridized carbons (Fsp3) is 0.533. The fourth-order valence-corrected chi connectivity index (χ4v) is 4.42. The van der Waals surface area contributed by atoms with Crippen LogP contribution in [0.15, 0.2) is 18.2 Å². The third-order valence-corrected chi connectivity index (χ3v) is 6.19. The van der Waals surface area contributed by atoms with Crippen molar-refractivity contribution in [3.05, 3.63) is 29.6 Å². The topological polar surface area (TPSA) is 96.4 Å². The summed E-state index contributed by atoms with van der Waals surface area (Å²) in [6, 6.07) is 4.48. The maximum Gasteiger partial charge on any atom is 0.283 e. The molecule has 8 heteroatoms. The number of nitrogens with one attached hydrogen (secondary N) is 1. The van der Waals surface area contributed by atoms with Crippen LogP contribution in [-0.2, 0) is 10.0 Å². The molecule has 2 heterocycles. The maximum atomic E-state index is 12.3. The van der Waals surface area contributed by atoms with E-state index in [-0.39, 0.29) is 23.2 Å². The molecule has 2 fully saturated rings. The largest absolute Gasteiger partial charge is 0.337 e. The average molecular weight is 337 g/mol. The number of aromatic nitrogens is 1. The van der Waals surface area contributed by atoms with E-state index in [0.29, 0.717) is 19.5 Å². The number of sulfonamides is 1. The number of nitrogens with zero attached hydrogens (tertiary/aromatic N) is 2. The Bertz CT molecular complexity index is 741. The molecule has 0 bridgehead atoms. The predicted octanol–water partition coefficient (Wildman–Crippen LogP) is 0.786. The predicted molar refractivity (Wildman–Crippen MR) is 83.3 cm³/mol. The maximum absolute atomic E-state index is 12.3. The summed E-state index contributed by atoms with van der Waals surface area (Å²) in [5.41, 5.74) is 0.101. The van der Waals surface area contributed by atoms with Gasteiger partial charge in [-0.1, -0.05) is 13.0 Å². The molecule has 1 aliphatic carbocycles. The molecule has 1 N–H and O–H groups in total. The van der Waals surface area contributed by atoms with Gasteiger partial charge in [-0.3, -0.25) is 9.59 Å². The Morgan fingerprint density at radius 2 is 1.83 bits per heavy atom. The Kier molecular flexibility index (Phi) is 4.09. The molecule has 1 saturated carbocycles. The highest BCUT2D eigenvalue weighted by molar-refractivity contribution is 7.91. The molecule has 0 spiro atoms. The van der Waals surface area contributed by atoms with Gasteiger partial charge in [0.25, 0.3) is 11.8 Å². The molecule has 1 aromatic rings. The van der Waals surface area contributed by atoms with Crippen molar-refractivity contribution in [3.63, 3.8) is 0 Å². The lowest BCUT2D eigenvalue weighted by molar-refractivity contribution is 0.0787. The molecule has 23 heavy (non-hydrogen) atoms. The second-order valence-corrected chi connectivity index (χ2v) is 8.03. The van der Waals surface area contributed by atoms with Gasteiger partial charge in [0, 0.05) is 13.1 Å². The standard InChI is InChI=1S/C15H19N3O4S/c1-10-9-13(10)23(21,22)17-14(19)11-5-4-6-12(16-11)15(20)18-7-2-3-8-18/h4-6,10,13H,2-3,7-9H2,1H3,(H,17,19). The van der Waals surface area contributed by atoms with Crippen molar-refractivity contribution in [3.8, 4) is 0 Å². The van der Waals surface area contributed by atoms with E-state index in [1.54, 1.807) is 4.90 Å². The van der Waals surface area contributed by atoms with Crippen LogP contribution < -0.4 is 4.72 Å². The lowest BCUT2D eigenvalue weighted by Crippen LogP contribution is -2.35. The van der Waals surface area contributed by atoms with Crippen LogP contribution in [0.25, 0.3) is 0 Å². The first-order chi connectivity index (χ1) is 10.9. The zero-order chi connectivity index (χ0) is 16.6. The van der Waals surface area contributed by atoms with Crippen LogP contribution in [0.2, 0.25) is 0 Å². The smallest absolute Gasteiger partial charge is 0.283 e. The lowest BCUT2D eigenvalue weighted by atomic mass is 10.2. The van der Waals surface area contributed by atoms with Crippen LogP contribution in [0.4, 0.5) is 0 Å². The first-order valence-electron chi connectivity index (χ1n) is 7.71. The number of rotatable bonds is 4. The van der Waals surface area contributed by atoms with E-state index < -0.39 is 21.2 Å². The summed E-state index contributed by atoms with van der Waals surface area (Å²) >= 11 is 0. The molecule has 2 atom stereocenters. The molecule has 2 aliphatic rings. The van der Waals surface area contributed by atoms with Gasteiger partial charge < -0.3 is 4.90 Å². The van der Waals surface area contributed by atoms with Gasteiger partial charge in [-0.2, -0.15) is 0 Å². The summed E-state index contributed by atoms with van der Waals surface area (Å²) < 4.78 is 26.0. The zero-order valence-corrected chi connectivity index (χ0v) is 13.7. The van der Waals surface area contributed by atoms with Crippen molar-refractivity contribution >= 4 is 21.8 Å². The van der Waals surface area contributed by atoms with Crippen LogP contribution >= 0.6 is 0 Å². The minimum Gasteiger partial charge on any atom is -0.337 e. The summed E-state index contributed by atoms with van der Waals surface area (Å²) in [5.74, 6) is -0.952. The minimum atomic E-state index is -3.67. The summed E-state index contributed by atoms with van der Waals surface area (Å²) in [5, 5.41) is -0.513. The second-order valence-electron chi connectivity index (χ2n) is 6.14. The van der Waals surface area contributed by atoms with Crippen LogP contribution in [0, 0.1) is 5.92 Å². The molecule has 2 amide bonds. The Morgan fingerprint density at radius 1 is 1.22 bits per heavy atom. The van der Waals surface area contributed by atoms with Crippen LogP contribution in [0.1, 0.15) is 47.2 Å². The number of amides is 2. The summed E-state index contributed by atoms with van der Waals surface area (Å²) in [6.07, 6.45) is 2.48. The molecule has 0 aromatic carbocycles.